The molecule has 3 heterocycles. The molecule has 0 spiro atoms. The van der Waals surface area contributed by atoms with E-state index in [2.05, 4.69) is 21.6 Å². The third-order valence-corrected chi connectivity index (χ3v) is 5.03. The highest BCUT2D eigenvalue weighted by atomic mass is 16.2. The molecule has 0 unspecified atom stereocenters. The van der Waals surface area contributed by atoms with Gasteiger partial charge in [-0.1, -0.05) is 19.1 Å². The van der Waals surface area contributed by atoms with Gasteiger partial charge in [0, 0.05) is 31.8 Å². The number of carbonyl (C=O) groups excluding carboxylic acids is 1. The molecule has 1 atom stereocenters. The first kappa shape index (κ1) is 15.9. The first-order valence-corrected chi connectivity index (χ1v) is 8.89. The lowest BCUT2D eigenvalue weighted by Gasteiger charge is -2.24. The maximum Gasteiger partial charge on any atom is 0.243 e. The fourth-order valence-electron chi connectivity index (χ4n) is 3.82. The number of rotatable bonds is 4. The Bertz CT molecular complexity index is 910. The van der Waals surface area contributed by atoms with Gasteiger partial charge in [0.15, 0.2) is 0 Å². The normalized spacial score (nSPS) is 17.5. The highest BCUT2D eigenvalue weighted by molar-refractivity contribution is 5.81. The van der Waals surface area contributed by atoms with Crippen LogP contribution in [0.15, 0.2) is 36.7 Å². The number of imidazole rings is 1. The van der Waals surface area contributed by atoms with E-state index >= 15 is 0 Å². The number of aromatic nitrogens is 4. The van der Waals surface area contributed by atoms with Gasteiger partial charge < -0.3 is 9.47 Å². The van der Waals surface area contributed by atoms with Crippen LogP contribution in [0.25, 0.3) is 11.0 Å². The van der Waals surface area contributed by atoms with Crippen molar-refractivity contribution < 1.29 is 4.79 Å². The Labute approximate surface area is 147 Å². The van der Waals surface area contributed by atoms with Crippen molar-refractivity contribution in [1.82, 2.24) is 24.2 Å². The van der Waals surface area contributed by atoms with Crippen LogP contribution in [-0.4, -0.2) is 36.7 Å². The predicted octanol–water partition coefficient (Wildman–Crippen LogP) is 2.70. The van der Waals surface area contributed by atoms with Crippen LogP contribution < -0.4 is 0 Å². The van der Waals surface area contributed by atoms with Crippen LogP contribution in [0, 0.1) is 0 Å². The fraction of sp³-hybridized carbons (Fsp3) is 0.421. The summed E-state index contributed by atoms with van der Waals surface area (Å²) in [6.45, 7) is 3.24. The Morgan fingerprint density at radius 1 is 1.32 bits per heavy atom. The van der Waals surface area contributed by atoms with Crippen LogP contribution >= 0.6 is 0 Å². The molecule has 3 aromatic rings. The van der Waals surface area contributed by atoms with E-state index in [-0.39, 0.29) is 11.9 Å². The quantitative estimate of drug-likeness (QED) is 0.735. The second-order valence-electron chi connectivity index (χ2n) is 6.65. The van der Waals surface area contributed by atoms with E-state index in [0.29, 0.717) is 6.54 Å². The minimum atomic E-state index is 0.140. The Morgan fingerprint density at radius 3 is 2.92 bits per heavy atom. The lowest BCUT2D eigenvalue weighted by molar-refractivity contribution is -0.132. The molecule has 6 heteroatoms. The molecule has 1 saturated heterocycles. The molecule has 1 aliphatic rings. The second-order valence-corrected chi connectivity index (χ2v) is 6.65. The largest absolute Gasteiger partial charge is 0.334 e. The third kappa shape index (κ3) is 2.81. The van der Waals surface area contributed by atoms with Crippen molar-refractivity contribution in [3.8, 4) is 0 Å². The summed E-state index contributed by atoms with van der Waals surface area (Å²) in [6.07, 6.45) is 6.74. The molecule has 0 N–H and O–H groups in total. The van der Waals surface area contributed by atoms with Crippen LogP contribution in [0.1, 0.15) is 37.2 Å². The molecule has 1 amide bonds. The van der Waals surface area contributed by atoms with E-state index in [4.69, 9.17) is 0 Å². The maximum absolute atomic E-state index is 13.1. The standard InChI is InChI=1S/C19H23N5O/c1-3-18-21-15-7-4-5-8-17(15)24(18)13-19(25)23-10-6-9-16(23)14-11-20-22(2)12-14/h4-5,7-8,11-12,16H,3,6,9-10,13H2,1-2H3/t16-/m0/s1. The van der Waals surface area contributed by atoms with Crippen LogP contribution in [0.2, 0.25) is 0 Å². The summed E-state index contributed by atoms with van der Waals surface area (Å²) in [4.78, 5) is 19.7. The van der Waals surface area contributed by atoms with Gasteiger partial charge in [-0.3, -0.25) is 9.48 Å². The molecule has 1 aromatic carbocycles. The molecular weight excluding hydrogens is 314 g/mol. The molecule has 0 aliphatic carbocycles. The number of fused-ring (bicyclic) bond motifs is 1. The summed E-state index contributed by atoms with van der Waals surface area (Å²) >= 11 is 0. The van der Waals surface area contributed by atoms with Crippen molar-refractivity contribution in [3.05, 3.63) is 48.0 Å². The molecule has 4 rings (SSSR count). The van der Waals surface area contributed by atoms with Crippen LogP contribution in [-0.2, 0) is 24.8 Å². The van der Waals surface area contributed by atoms with Gasteiger partial charge in [0.1, 0.15) is 12.4 Å². The zero-order valence-corrected chi connectivity index (χ0v) is 14.7. The summed E-state index contributed by atoms with van der Waals surface area (Å²) in [5.74, 6) is 1.12. The number of aryl methyl sites for hydroxylation is 2. The van der Waals surface area contributed by atoms with Crippen molar-refractivity contribution in [1.29, 1.82) is 0 Å². The number of likely N-dealkylation sites (tertiary alicyclic amines) is 1. The van der Waals surface area contributed by atoms with E-state index < -0.39 is 0 Å². The SMILES string of the molecule is CCc1nc2ccccc2n1CC(=O)N1CCC[C@H]1c1cnn(C)c1. The summed E-state index contributed by atoms with van der Waals surface area (Å²) in [6, 6.07) is 8.17. The van der Waals surface area contributed by atoms with Crippen molar-refractivity contribution in [2.24, 2.45) is 7.05 Å². The smallest absolute Gasteiger partial charge is 0.243 e. The Balaban J connectivity index is 1.61. The van der Waals surface area contributed by atoms with Crippen LogP contribution in [0.5, 0.6) is 0 Å². The number of nitrogens with zero attached hydrogens (tertiary/aromatic N) is 5. The average Bonchev–Trinajstić information content (AvgIpc) is 3.33. The molecule has 2 aromatic heterocycles. The number of hydrogen-bond acceptors (Lipinski definition) is 3. The lowest BCUT2D eigenvalue weighted by Crippen LogP contribution is -2.33. The van der Waals surface area contributed by atoms with Gasteiger partial charge in [-0.25, -0.2) is 4.98 Å². The second kappa shape index (κ2) is 6.35. The maximum atomic E-state index is 13.1. The molecule has 0 bridgehead atoms. The van der Waals surface area contributed by atoms with Gasteiger partial charge in [-0.05, 0) is 25.0 Å². The van der Waals surface area contributed by atoms with Gasteiger partial charge in [0.05, 0.1) is 23.3 Å². The van der Waals surface area contributed by atoms with Crippen LogP contribution in [0.3, 0.4) is 0 Å². The Kier molecular flexibility index (Phi) is 4.03. The van der Waals surface area contributed by atoms with E-state index in [1.165, 1.54) is 0 Å². The number of hydrogen-bond donors (Lipinski definition) is 0. The Morgan fingerprint density at radius 2 is 2.16 bits per heavy atom. The number of benzene rings is 1. The molecule has 0 saturated carbocycles. The number of para-hydroxylation sites is 2. The molecule has 0 radical (unpaired) electrons. The van der Waals surface area contributed by atoms with Gasteiger partial charge in [-0.15, -0.1) is 0 Å². The topological polar surface area (TPSA) is 56.0 Å². The van der Waals surface area contributed by atoms with Gasteiger partial charge in [-0.2, -0.15) is 5.10 Å². The Hall–Kier alpha value is -2.63. The average molecular weight is 337 g/mol. The zero-order valence-electron chi connectivity index (χ0n) is 14.7. The summed E-state index contributed by atoms with van der Waals surface area (Å²) < 4.78 is 3.87. The summed E-state index contributed by atoms with van der Waals surface area (Å²) in [5, 5.41) is 4.26. The third-order valence-electron chi connectivity index (χ3n) is 5.03. The predicted molar refractivity (Wildman–Crippen MR) is 96.0 cm³/mol. The van der Waals surface area contributed by atoms with E-state index in [1.807, 2.05) is 48.6 Å². The first-order valence-electron chi connectivity index (χ1n) is 8.89. The monoisotopic (exact) mass is 337 g/mol. The van der Waals surface area contributed by atoms with Crippen LogP contribution in [0.4, 0.5) is 0 Å². The van der Waals surface area contributed by atoms with E-state index in [0.717, 1.165) is 48.2 Å². The molecule has 6 nitrogen and oxygen atoms in total. The number of amides is 1. The fourth-order valence-corrected chi connectivity index (χ4v) is 3.82. The molecular formula is C19H23N5O. The van der Waals surface area contributed by atoms with Crippen molar-refractivity contribution in [3.63, 3.8) is 0 Å². The highest BCUT2D eigenvalue weighted by Crippen LogP contribution is 2.32. The van der Waals surface area contributed by atoms with Crippen molar-refractivity contribution in [2.75, 3.05) is 6.54 Å². The molecule has 1 fully saturated rings. The van der Waals surface area contributed by atoms with Gasteiger partial charge in [0.25, 0.3) is 0 Å². The van der Waals surface area contributed by atoms with E-state index in [1.54, 1.807) is 4.68 Å². The molecule has 130 valence electrons. The minimum Gasteiger partial charge on any atom is -0.334 e. The van der Waals surface area contributed by atoms with Crippen molar-refractivity contribution in [2.45, 2.75) is 38.8 Å². The summed E-state index contributed by atoms with van der Waals surface area (Å²) in [5.41, 5.74) is 3.11. The highest BCUT2D eigenvalue weighted by Gasteiger charge is 2.31. The first-order chi connectivity index (χ1) is 12.2. The molecule has 1 aliphatic heterocycles. The van der Waals surface area contributed by atoms with E-state index in [9.17, 15) is 4.79 Å². The van der Waals surface area contributed by atoms with Crippen molar-refractivity contribution >= 4 is 16.9 Å². The zero-order chi connectivity index (χ0) is 17.4. The summed E-state index contributed by atoms with van der Waals surface area (Å²) in [7, 11) is 1.91. The number of carbonyl (C=O) groups is 1. The van der Waals surface area contributed by atoms with Gasteiger partial charge in [0.2, 0.25) is 5.91 Å². The lowest BCUT2D eigenvalue weighted by atomic mass is 10.1. The van der Waals surface area contributed by atoms with Gasteiger partial charge >= 0.3 is 0 Å². The molecule has 25 heavy (non-hydrogen) atoms. The minimum absolute atomic E-state index is 0.140.